The second-order valence-corrected chi connectivity index (χ2v) is 10.7. The molecule has 31 heavy (non-hydrogen) atoms. The summed E-state index contributed by atoms with van der Waals surface area (Å²) in [6.07, 6.45) is 3.23. The molecular formula is C19H24N4O6S2. The number of benzene rings is 1. The van der Waals surface area contributed by atoms with Gasteiger partial charge in [-0.25, -0.2) is 22.0 Å². The van der Waals surface area contributed by atoms with E-state index in [1.54, 1.807) is 12.1 Å². The maximum atomic E-state index is 12.7. The maximum Gasteiger partial charge on any atom is 0.251 e. The summed E-state index contributed by atoms with van der Waals surface area (Å²) in [4.78, 5) is 24.3. The fourth-order valence-corrected chi connectivity index (χ4v) is 5.32. The highest BCUT2D eigenvalue weighted by Gasteiger charge is 2.27. The molecule has 1 aliphatic heterocycles. The van der Waals surface area contributed by atoms with Gasteiger partial charge < -0.3 is 9.88 Å². The Morgan fingerprint density at radius 2 is 1.58 bits per heavy atom. The van der Waals surface area contributed by atoms with Crippen LogP contribution in [-0.2, 0) is 37.8 Å². The predicted octanol–water partition coefficient (Wildman–Crippen LogP) is -0.361. The Hall–Kier alpha value is -2.54. The second-order valence-electron chi connectivity index (χ2n) is 7.23. The lowest BCUT2D eigenvalue weighted by Gasteiger charge is -2.16. The lowest BCUT2D eigenvalue weighted by atomic mass is 10.1. The monoisotopic (exact) mass is 468 g/mol. The Morgan fingerprint density at radius 3 is 2.19 bits per heavy atom. The number of primary sulfonamides is 1. The van der Waals surface area contributed by atoms with Crippen molar-refractivity contribution in [2.24, 2.45) is 5.14 Å². The summed E-state index contributed by atoms with van der Waals surface area (Å²) in [5, 5.41) is 7.72. The quantitative estimate of drug-likeness (QED) is 0.540. The van der Waals surface area contributed by atoms with Gasteiger partial charge in [0.1, 0.15) is 6.54 Å². The number of hydrogen-bond acceptors (Lipinski definition) is 6. The number of aromatic nitrogens is 1. The number of nitrogens with two attached hydrogens (primary N) is 1. The summed E-state index contributed by atoms with van der Waals surface area (Å²) in [6, 6.07) is 8.38. The zero-order valence-corrected chi connectivity index (χ0v) is 18.4. The molecule has 1 amide bonds. The van der Waals surface area contributed by atoms with Gasteiger partial charge in [-0.2, -0.15) is 4.31 Å². The molecule has 0 atom stereocenters. The molecule has 0 saturated carbocycles. The smallest absolute Gasteiger partial charge is 0.251 e. The molecule has 0 unspecified atom stereocenters. The van der Waals surface area contributed by atoms with E-state index < -0.39 is 31.5 Å². The van der Waals surface area contributed by atoms with Gasteiger partial charge in [0, 0.05) is 31.9 Å². The van der Waals surface area contributed by atoms with Gasteiger partial charge >= 0.3 is 0 Å². The molecule has 3 rings (SSSR count). The van der Waals surface area contributed by atoms with E-state index in [-0.39, 0.29) is 22.9 Å². The first kappa shape index (κ1) is 23.1. The third kappa shape index (κ3) is 5.79. The molecule has 1 aromatic carbocycles. The molecule has 0 aliphatic carbocycles. The van der Waals surface area contributed by atoms with Crippen LogP contribution in [0, 0.1) is 0 Å². The molecule has 1 aromatic heterocycles. The first-order valence-electron chi connectivity index (χ1n) is 9.66. The largest absolute Gasteiger partial charge is 0.354 e. The number of nitrogens with one attached hydrogen (secondary N) is 1. The molecule has 0 bridgehead atoms. The van der Waals surface area contributed by atoms with Crippen molar-refractivity contribution in [1.82, 2.24) is 14.2 Å². The Kier molecular flexibility index (Phi) is 6.94. The zero-order valence-electron chi connectivity index (χ0n) is 16.7. The molecule has 168 valence electrons. The highest BCUT2D eigenvalue weighted by Crippen LogP contribution is 2.19. The fraction of sp³-hybridized carbons (Fsp3) is 0.368. The van der Waals surface area contributed by atoms with Crippen molar-refractivity contribution in [3.8, 4) is 0 Å². The van der Waals surface area contributed by atoms with Crippen molar-refractivity contribution < 1.29 is 21.6 Å². The van der Waals surface area contributed by atoms with E-state index in [4.69, 9.17) is 5.14 Å². The maximum absolute atomic E-state index is 12.7. The van der Waals surface area contributed by atoms with Crippen LogP contribution in [0.4, 0.5) is 0 Å². The summed E-state index contributed by atoms with van der Waals surface area (Å²) in [7, 11) is -7.45. The summed E-state index contributed by atoms with van der Waals surface area (Å²) >= 11 is 0. The molecule has 2 aromatic rings. The average Bonchev–Trinajstić information content (AvgIpc) is 3.25. The Bertz CT molecular complexity index is 1210. The number of carbonyl (C=O) groups is 1. The van der Waals surface area contributed by atoms with E-state index in [2.05, 4.69) is 5.32 Å². The number of rotatable bonds is 8. The standard InChI is InChI=1S/C19H24N4O6S2/c20-30(26,27)16-5-3-15(4-6-16)9-10-21-18(24)14-22-13-17(7-8-19(22)25)31(28,29)23-11-1-2-12-23/h3-8,13H,1-2,9-12,14H2,(H,21,24)(H2,20,26,27). The van der Waals surface area contributed by atoms with Crippen LogP contribution in [0.3, 0.4) is 0 Å². The molecule has 3 N–H and O–H groups in total. The zero-order chi connectivity index (χ0) is 22.6. The lowest BCUT2D eigenvalue weighted by molar-refractivity contribution is -0.121. The van der Waals surface area contributed by atoms with Gasteiger partial charge in [-0.3, -0.25) is 9.59 Å². The van der Waals surface area contributed by atoms with E-state index in [9.17, 15) is 26.4 Å². The molecule has 0 spiro atoms. The van der Waals surface area contributed by atoms with E-state index in [0.717, 1.165) is 29.0 Å². The van der Waals surface area contributed by atoms with E-state index in [1.807, 2.05) is 0 Å². The van der Waals surface area contributed by atoms with Crippen LogP contribution < -0.4 is 16.0 Å². The normalized spacial score (nSPS) is 15.1. The first-order chi connectivity index (χ1) is 14.6. The van der Waals surface area contributed by atoms with Gasteiger partial charge in [0.25, 0.3) is 5.56 Å². The summed E-state index contributed by atoms with van der Waals surface area (Å²) < 4.78 is 50.3. The molecule has 12 heteroatoms. The van der Waals surface area contributed by atoms with Crippen LogP contribution in [0.2, 0.25) is 0 Å². The molecule has 1 aliphatic rings. The number of amides is 1. The average molecular weight is 469 g/mol. The van der Waals surface area contributed by atoms with Gasteiger partial charge in [-0.1, -0.05) is 12.1 Å². The van der Waals surface area contributed by atoms with Crippen LogP contribution in [0.1, 0.15) is 18.4 Å². The molecule has 2 heterocycles. The minimum absolute atomic E-state index is 0.00317. The Balaban J connectivity index is 1.59. The highest BCUT2D eigenvalue weighted by atomic mass is 32.2. The Morgan fingerprint density at radius 1 is 0.968 bits per heavy atom. The van der Waals surface area contributed by atoms with Crippen molar-refractivity contribution in [3.63, 3.8) is 0 Å². The number of nitrogens with zero attached hydrogens (tertiary/aromatic N) is 2. The number of hydrogen-bond donors (Lipinski definition) is 2. The van der Waals surface area contributed by atoms with Crippen molar-refractivity contribution in [2.45, 2.75) is 35.6 Å². The van der Waals surface area contributed by atoms with Crippen molar-refractivity contribution in [2.75, 3.05) is 19.6 Å². The van der Waals surface area contributed by atoms with Gasteiger partial charge in [-0.15, -0.1) is 0 Å². The lowest BCUT2D eigenvalue weighted by Crippen LogP contribution is -2.34. The van der Waals surface area contributed by atoms with E-state index in [0.29, 0.717) is 19.5 Å². The van der Waals surface area contributed by atoms with Gasteiger partial charge in [0.05, 0.1) is 9.79 Å². The second kappa shape index (κ2) is 9.30. The van der Waals surface area contributed by atoms with Crippen LogP contribution >= 0.6 is 0 Å². The summed E-state index contributed by atoms with van der Waals surface area (Å²) in [5.41, 5.74) is 0.317. The molecule has 0 radical (unpaired) electrons. The first-order valence-corrected chi connectivity index (χ1v) is 12.6. The van der Waals surface area contributed by atoms with Crippen molar-refractivity contribution in [1.29, 1.82) is 0 Å². The Labute approximate surface area is 180 Å². The third-order valence-corrected chi connectivity index (χ3v) is 7.77. The SMILES string of the molecule is NS(=O)(=O)c1ccc(CCNC(=O)Cn2cc(S(=O)(=O)N3CCCC3)ccc2=O)cc1. The fourth-order valence-electron chi connectivity index (χ4n) is 3.27. The van der Waals surface area contributed by atoms with Crippen LogP contribution in [0.25, 0.3) is 0 Å². The number of sulfonamides is 2. The predicted molar refractivity (Wildman–Crippen MR) is 113 cm³/mol. The molecule has 1 fully saturated rings. The molecule has 10 nitrogen and oxygen atoms in total. The van der Waals surface area contributed by atoms with Crippen LogP contribution in [-0.4, -0.2) is 51.2 Å². The van der Waals surface area contributed by atoms with Gasteiger partial charge in [0.2, 0.25) is 26.0 Å². The van der Waals surface area contributed by atoms with Crippen LogP contribution in [0.5, 0.6) is 0 Å². The molecule has 1 saturated heterocycles. The summed E-state index contributed by atoms with van der Waals surface area (Å²) in [6.45, 7) is 0.834. The van der Waals surface area contributed by atoms with Crippen LogP contribution in [0.15, 0.2) is 57.2 Å². The van der Waals surface area contributed by atoms with Gasteiger partial charge in [-0.05, 0) is 43.0 Å². The van der Waals surface area contributed by atoms with E-state index in [1.165, 1.54) is 28.7 Å². The summed E-state index contributed by atoms with van der Waals surface area (Å²) in [5.74, 6) is -0.445. The van der Waals surface area contributed by atoms with E-state index >= 15 is 0 Å². The third-order valence-electron chi connectivity index (χ3n) is 4.96. The van der Waals surface area contributed by atoms with Gasteiger partial charge in [0.15, 0.2) is 0 Å². The number of pyridine rings is 1. The van der Waals surface area contributed by atoms with Crippen molar-refractivity contribution in [3.05, 3.63) is 58.5 Å². The van der Waals surface area contributed by atoms with Crippen molar-refractivity contribution >= 4 is 26.0 Å². The topological polar surface area (TPSA) is 149 Å². The number of carbonyl (C=O) groups excluding carboxylic acids is 1. The minimum Gasteiger partial charge on any atom is -0.354 e. The highest BCUT2D eigenvalue weighted by molar-refractivity contribution is 7.89. The minimum atomic E-state index is -3.76. The molecular weight excluding hydrogens is 444 g/mol.